The average Bonchev–Trinajstić information content (AvgIpc) is 0.779. The van der Waals surface area contributed by atoms with Gasteiger partial charge in [0.05, 0.1) is 45.2 Å². The van der Waals surface area contributed by atoms with Gasteiger partial charge in [-0.3, -0.25) is 9.59 Å². The number of carbonyl (C=O) groups is 2. The van der Waals surface area contributed by atoms with Crippen LogP contribution in [0.4, 0.5) is 0 Å². The molecular weight excluding hydrogens is 1240 g/mol. The highest BCUT2D eigenvalue weighted by Gasteiger charge is 2.56. The van der Waals surface area contributed by atoms with Crippen LogP contribution in [0.3, 0.4) is 0 Å². The zero-order chi connectivity index (χ0) is 69.3. The maximum atomic E-state index is 13.5. The Balaban J connectivity index is 1.29. The summed E-state index contributed by atoms with van der Waals surface area (Å²) >= 11 is 0. The summed E-state index contributed by atoms with van der Waals surface area (Å²) in [5.41, 5.74) is 0. The molecule has 0 radical (unpaired) electrons. The largest absolute Gasteiger partial charge is 0.394 e. The molecule has 0 aromatic rings. The van der Waals surface area contributed by atoms with Crippen LogP contribution >= 0.6 is 0 Å². The summed E-state index contributed by atoms with van der Waals surface area (Å²) in [6.07, 6.45) is 12.5. The number of unbranched alkanes of at least 4 members (excludes halogenated alkanes) is 30. The standard InChI is InChI=1S/C70H128N2O23/c1-4-6-8-10-12-14-16-18-19-20-21-22-23-24-25-26-27-29-31-33-35-37-39-41-54(79)72-48(49(78)40-38-36-34-32-30-28-17-15-13-11-9-7-5-2)46-88-68-62(86)59(83)65(52(44-75)91-68)94-70-63(87)60(84)64(53(45-76)92-70)93-67-55(71-47(3)77)66(57(81)51(43-74)89-67)95-69-61(85)58(82)56(80)50(42-73)90-69/h18-19,38,40,48-53,55-70,73-76,78,80-87H,4-17,20-37,39,41-46H2,1-3H3,(H,71,77)(H,72,79). The Hall–Kier alpha value is -2.42. The number of ether oxygens (including phenoxy) is 8. The van der Waals surface area contributed by atoms with Gasteiger partial charge in [-0.25, -0.2) is 0 Å². The Morgan fingerprint density at radius 2 is 0.768 bits per heavy atom. The number of allylic oxidation sites excluding steroid dienone is 3. The first kappa shape index (κ1) is 85.0. The molecular formula is C70H128N2O23. The third kappa shape index (κ3) is 30.8. The Labute approximate surface area is 565 Å². The van der Waals surface area contributed by atoms with E-state index in [2.05, 4.69) is 36.6 Å². The maximum absolute atomic E-state index is 13.5. The minimum atomic E-state index is -2.10. The van der Waals surface area contributed by atoms with Crippen LogP contribution in [0.1, 0.15) is 239 Å². The minimum absolute atomic E-state index is 0.214. The molecule has 22 atom stereocenters. The summed E-state index contributed by atoms with van der Waals surface area (Å²) in [6.45, 7) is 1.61. The number of amides is 2. The van der Waals surface area contributed by atoms with Gasteiger partial charge in [0.15, 0.2) is 25.2 Å². The Kier molecular flexibility index (Phi) is 44.7. The highest BCUT2D eigenvalue weighted by Crippen LogP contribution is 2.35. The maximum Gasteiger partial charge on any atom is 0.220 e. The van der Waals surface area contributed by atoms with Crippen LogP contribution in [0.2, 0.25) is 0 Å². The van der Waals surface area contributed by atoms with Crippen molar-refractivity contribution in [2.24, 2.45) is 0 Å². The fourth-order valence-corrected chi connectivity index (χ4v) is 12.8. The number of aliphatic hydroxyl groups excluding tert-OH is 13. The van der Waals surface area contributed by atoms with E-state index in [4.69, 9.17) is 37.9 Å². The molecule has 2 amide bonds. The van der Waals surface area contributed by atoms with Crippen LogP contribution in [0.5, 0.6) is 0 Å². The molecule has 556 valence electrons. The van der Waals surface area contributed by atoms with Gasteiger partial charge in [0, 0.05) is 13.3 Å². The highest BCUT2D eigenvalue weighted by molar-refractivity contribution is 5.76. The molecule has 0 aliphatic carbocycles. The van der Waals surface area contributed by atoms with Crippen LogP contribution in [0.15, 0.2) is 24.3 Å². The summed E-state index contributed by atoms with van der Waals surface area (Å²) in [5.74, 6) is -1.06. The van der Waals surface area contributed by atoms with Crippen LogP contribution in [-0.2, 0) is 47.5 Å². The van der Waals surface area contributed by atoms with Gasteiger partial charge in [-0.15, -0.1) is 0 Å². The van der Waals surface area contributed by atoms with E-state index >= 15 is 0 Å². The fraction of sp³-hybridized carbons (Fsp3) is 0.914. The first-order valence-electron chi connectivity index (χ1n) is 36.6. The van der Waals surface area contributed by atoms with Crippen molar-refractivity contribution in [3.63, 3.8) is 0 Å². The van der Waals surface area contributed by atoms with E-state index in [1.54, 1.807) is 6.08 Å². The van der Waals surface area contributed by atoms with Crippen molar-refractivity contribution in [3.05, 3.63) is 24.3 Å². The van der Waals surface area contributed by atoms with Gasteiger partial charge in [-0.1, -0.05) is 205 Å². The van der Waals surface area contributed by atoms with Crippen molar-refractivity contribution in [1.29, 1.82) is 0 Å². The van der Waals surface area contributed by atoms with Crippen molar-refractivity contribution < 1.29 is 114 Å². The molecule has 4 saturated heterocycles. The van der Waals surface area contributed by atoms with Crippen molar-refractivity contribution in [1.82, 2.24) is 10.6 Å². The number of hydrogen-bond donors (Lipinski definition) is 15. The highest BCUT2D eigenvalue weighted by atomic mass is 16.8. The predicted octanol–water partition coefficient (Wildman–Crippen LogP) is 4.68. The third-order valence-corrected chi connectivity index (χ3v) is 18.8. The van der Waals surface area contributed by atoms with Gasteiger partial charge in [0.25, 0.3) is 0 Å². The van der Waals surface area contributed by atoms with Gasteiger partial charge in [-0.05, 0) is 44.9 Å². The average molecular weight is 1370 g/mol. The SMILES string of the molecule is CCCCCCCCC=CCCCCCCCCCCCCCCCC(=O)NC(COC1OC(CO)C(OC2OC(CO)C(OC3OC(CO)C(O)C(OC4OC(CO)C(O)C(O)C4O)C3NC(C)=O)C(O)C2O)C(O)C1O)C(O)C=CCCCCCCCCCCCCC. The second-order valence-corrected chi connectivity index (χ2v) is 26.8. The molecule has 0 aromatic heterocycles. The van der Waals surface area contributed by atoms with Gasteiger partial charge < -0.3 is 115 Å². The molecule has 25 nitrogen and oxygen atoms in total. The van der Waals surface area contributed by atoms with E-state index in [9.17, 15) is 76.0 Å². The molecule has 22 unspecified atom stereocenters. The summed E-state index contributed by atoms with van der Waals surface area (Å²) in [7, 11) is 0. The lowest BCUT2D eigenvalue weighted by Gasteiger charge is -2.50. The first-order chi connectivity index (χ1) is 46.0. The zero-order valence-corrected chi connectivity index (χ0v) is 57.5. The summed E-state index contributed by atoms with van der Waals surface area (Å²) < 4.78 is 46.8. The Morgan fingerprint density at radius 1 is 0.411 bits per heavy atom. The number of nitrogens with one attached hydrogen (secondary N) is 2. The minimum Gasteiger partial charge on any atom is -0.394 e. The van der Waals surface area contributed by atoms with E-state index in [0.29, 0.717) is 12.8 Å². The second-order valence-electron chi connectivity index (χ2n) is 26.8. The van der Waals surface area contributed by atoms with E-state index in [1.165, 1.54) is 154 Å². The lowest BCUT2D eigenvalue weighted by molar-refractivity contribution is -0.380. The molecule has 25 heteroatoms. The monoisotopic (exact) mass is 1360 g/mol. The molecule has 15 N–H and O–H groups in total. The molecule has 0 aromatic carbocycles. The molecule has 0 saturated carbocycles. The Morgan fingerprint density at radius 3 is 1.22 bits per heavy atom. The van der Waals surface area contributed by atoms with Crippen LogP contribution in [-0.4, -0.2) is 246 Å². The van der Waals surface area contributed by atoms with Crippen molar-refractivity contribution in [3.8, 4) is 0 Å². The van der Waals surface area contributed by atoms with Crippen molar-refractivity contribution in [2.45, 2.75) is 374 Å². The summed E-state index contributed by atoms with van der Waals surface area (Å²) in [6, 6.07) is -2.63. The fourth-order valence-electron chi connectivity index (χ4n) is 12.8. The van der Waals surface area contributed by atoms with E-state index in [-0.39, 0.29) is 12.3 Å². The van der Waals surface area contributed by atoms with Crippen LogP contribution in [0, 0.1) is 0 Å². The Bertz CT molecular complexity index is 2010. The number of carbonyl (C=O) groups excluding carboxylic acids is 2. The predicted molar refractivity (Wildman–Crippen MR) is 354 cm³/mol. The van der Waals surface area contributed by atoms with E-state index in [0.717, 1.165) is 51.9 Å². The van der Waals surface area contributed by atoms with Crippen molar-refractivity contribution in [2.75, 3.05) is 33.0 Å². The molecule has 4 heterocycles. The van der Waals surface area contributed by atoms with Gasteiger partial charge in [0.2, 0.25) is 11.8 Å². The van der Waals surface area contributed by atoms with Crippen molar-refractivity contribution >= 4 is 11.8 Å². The molecule has 4 fully saturated rings. The molecule has 4 aliphatic heterocycles. The molecule has 95 heavy (non-hydrogen) atoms. The molecule has 4 aliphatic rings. The van der Waals surface area contributed by atoms with Gasteiger partial charge in [0.1, 0.15) is 97.6 Å². The second kappa shape index (κ2) is 50.0. The lowest BCUT2D eigenvalue weighted by Crippen LogP contribution is -2.70. The van der Waals surface area contributed by atoms with Gasteiger partial charge >= 0.3 is 0 Å². The quantitative estimate of drug-likeness (QED) is 0.0290. The van der Waals surface area contributed by atoms with Gasteiger partial charge in [-0.2, -0.15) is 0 Å². The molecule has 4 rings (SSSR count). The summed E-state index contributed by atoms with van der Waals surface area (Å²) in [5, 5.41) is 147. The number of hydrogen-bond acceptors (Lipinski definition) is 23. The van der Waals surface area contributed by atoms with E-state index in [1.807, 2.05) is 6.08 Å². The normalized spacial score (nSPS) is 32.1. The molecule has 0 spiro atoms. The lowest BCUT2D eigenvalue weighted by atomic mass is 9.94. The molecule has 0 bridgehead atoms. The first-order valence-corrected chi connectivity index (χ1v) is 36.6. The third-order valence-electron chi connectivity index (χ3n) is 18.8. The smallest absolute Gasteiger partial charge is 0.220 e. The zero-order valence-electron chi connectivity index (χ0n) is 57.5. The van der Waals surface area contributed by atoms with E-state index < -0.39 is 174 Å². The summed E-state index contributed by atoms with van der Waals surface area (Å²) in [4.78, 5) is 26.1. The van der Waals surface area contributed by atoms with Crippen LogP contribution < -0.4 is 10.6 Å². The number of rotatable bonds is 52. The topological polar surface area (TPSA) is 395 Å². The van der Waals surface area contributed by atoms with Crippen LogP contribution in [0.25, 0.3) is 0 Å². The number of aliphatic hydroxyl groups is 13.